The van der Waals surface area contributed by atoms with E-state index in [1.807, 2.05) is 0 Å². The van der Waals surface area contributed by atoms with Crippen LogP contribution in [0.4, 0.5) is 0 Å². The first-order valence-electron chi connectivity index (χ1n) is 7.18. The molecule has 3 fully saturated rings. The van der Waals surface area contributed by atoms with Gasteiger partial charge in [-0.3, -0.25) is 0 Å². The summed E-state index contributed by atoms with van der Waals surface area (Å²) in [5.41, 5.74) is 0. The van der Waals surface area contributed by atoms with Crippen molar-refractivity contribution in [2.45, 2.75) is 76.3 Å². The highest BCUT2D eigenvalue weighted by Crippen LogP contribution is 2.44. The molecule has 0 aromatic rings. The smallest absolute Gasteiger partial charge is 0.0101 e. The maximum absolute atomic E-state index is 3.99. The molecule has 0 aromatic carbocycles. The second-order valence-electron chi connectivity index (χ2n) is 6.14. The van der Waals surface area contributed by atoms with Crippen LogP contribution < -0.4 is 5.32 Å². The van der Waals surface area contributed by atoms with Crippen molar-refractivity contribution in [2.75, 3.05) is 0 Å². The van der Waals surface area contributed by atoms with E-state index in [-0.39, 0.29) is 0 Å². The fourth-order valence-electron chi connectivity index (χ4n) is 4.20. The van der Waals surface area contributed by atoms with Gasteiger partial charge in [-0.15, -0.1) is 0 Å². The minimum Gasteiger partial charge on any atom is -0.311 e. The van der Waals surface area contributed by atoms with Crippen LogP contribution in [0.15, 0.2) is 0 Å². The van der Waals surface area contributed by atoms with E-state index in [4.69, 9.17) is 0 Å². The lowest BCUT2D eigenvalue weighted by Gasteiger charge is -2.28. The van der Waals surface area contributed by atoms with Crippen LogP contribution in [0.5, 0.6) is 0 Å². The Kier molecular flexibility index (Phi) is 3.01. The molecule has 3 aliphatic rings. The zero-order valence-corrected chi connectivity index (χ0v) is 9.88. The molecule has 3 atom stereocenters. The van der Waals surface area contributed by atoms with Gasteiger partial charge in [0.25, 0.3) is 0 Å². The standard InChI is InChI=1S/C14H25N/c1-2-4-6-13(5-3-1)15-14-10-11-7-8-12(14)9-11/h11-15H,1-10H2/t11-,12-,14+/m1/s1. The third kappa shape index (κ3) is 2.22. The first-order chi connectivity index (χ1) is 7.42. The van der Waals surface area contributed by atoms with Crippen LogP contribution in [-0.4, -0.2) is 12.1 Å². The largest absolute Gasteiger partial charge is 0.311 e. The van der Waals surface area contributed by atoms with Gasteiger partial charge in [0.05, 0.1) is 0 Å². The molecule has 1 N–H and O–H groups in total. The Morgan fingerprint density at radius 1 is 0.733 bits per heavy atom. The molecule has 0 spiro atoms. The summed E-state index contributed by atoms with van der Waals surface area (Å²) in [6.07, 6.45) is 14.9. The van der Waals surface area contributed by atoms with Crippen molar-refractivity contribution >= 4 is 0 Å². The predicted molar refractivity (Wildman–Crippen MR) is 63.9 cm³/mol. The molecule has 15 heavy (non-hydrogen) atoms. The molecule has 1 heteroatoms. The molecule has 0 amide bonds. The van der Waals surface area contributed by atoms with Crippen LogP contribution in [-0.2, 0) is 0 Å². The van der Waals surface area contributed by atoms with Crippen molar-refractivity contribution in [3.63, 3.8) is 0 Å². The minimum absolute atomic E-state index is 0.872. The average Bonchev–Trinajstić information content (AvgIpc) is 2.75. The van der Waals surface area contributed by atoms with E-state index < -0.39 is 0 Å². The lowest BCUT2D eigenvalue weighted by molar-refractivity contribution is 0.303. The number of fused-ring (bicyclic) bond motifs is 2. The van der Waals surface area contributed by atoms with Crippen LogP contribution in [0.2, 0.25) is 0 Å². The third-order valence-electron chi connectivity index (χ3n) is 5.04. The maximum atomic E-state index is 3.99. The molecule has 1 nitrogen and oxygen atoms in total. The Morgan fingerprint density at radius 2 is 1.53 bits per heavy atom. The SMILES string of the molecule is C1CCCC(N[C@H]2C[C@@H]3CC[C@@H]2C3)CC1. The van der Waals surface area contributed by atoms with Crippen LogP contribution in [0.3, 0.4) is 0 Å². The van der Waals surface area contributed by atoms with Crippen LogP contribution in [0, 0.1) is 11.8 Å². The van der Waals surface area contributed by atoms with Crippen molar-refractivity contribution in [1.29, 1.82) is 0 Å². The van der Waals surface area contributed by atoms with Crippen molar-refractivity contribution in [3.05, 3.63) is 0 Å². The third-order valence-corrected chi connectivity index (χ3v) is 5.04. The normalized spacial score (nSPS) is 42.0. The molecule has 0 heterocycles. The lowest BCUT2D eigenvalue weighted by atomic mass is 9.94. The van der Waals surface area contributed by atoms with Gasteiger partial charge in [0.1, 0.15) is 0 Å². The van der Waals surface area contributed by atoms with Gasteiger partial charge in [-0.25, -0.2) is 0 Å². The van der Waals surface area contributed by atoms with E-state index in [2.05, 4.69) is 5.32 Å². The number of rotatable bonds is 2. The minimum atomic E-state index is 0.872. The summed E-state index contributed by atoms with van der Waals surface area (Å²) in [7, 11) is 0. The van der Waals surface area contributed by atoms with Gasteiger partial charge >= 0.3 is 0 Å². The molecule has 3 rings (SSSR count). The topological polar surface area (TPSA) is 12.0 Å². The van der Waals surface area contributed by atoms with Crippen LogP contribution in [0.25, 0.3) is 0 Å². The van der Waals surface area contributed by atoms with E-state index in [9.17, 15) is 0 Å². The lowest BCUT2D eigenvalue weighted by Crippen LogP contribution is -2.41. The summed E-state index contributed by atoms with van der Waals surface area (Å²) >= 11 is 0. The molecule has 0 saturated heterocycles. The Morgan fingerprint density at radius 3 is 2.13 bits per heavy atom. The number of hydrogen-bond acceptors (Lipinski definition) is 1. The van der Waals surface area contributed by atoms with Gasteiger partial charge in [-0.05, 0) is 43.9 Å². The number of hydrogen-bond donors (Lipinski definition) is 1. The molecule has 0 aromatic heterocycles. The fourth-order valence-corrected chi connectivity index (χ4v) is 4.20. The zero-order valence-electron chi connectivity index (χ0n) is 9.88. The summed E-state index contributed by atoms with van der Waals surface area (Å²) in [5.74, 6) is 2.15. The monoisotopic (exact) mass is 207 g/mol. The summed E-state index contributed by atoms with van der Waals surface area (Å²) < 4.78 is 0. The highest BCUT2D eigenvalue weighted by Gasteiger charge is 2.39. The van der Waals surface area contributed by atoms with E-state index in [0.29, 0.717) is 0 Å². The Labute approximate surface area is 94.0 Å². The van der Waals surface area contributed by atoms with Gasteiger partial charge < -0.3 is 5.32 Å². The van der Waals surface area contributed by atoms with Crippen molar-refractivity contribution in [1.82, 2.24) is 5.32 Å². The molecule has 2 bridgehead atoms. The predicted octanol–water partition coefficient (Wildman–Crippen LogP) is 3.49. The van der Waals surface area contributed by atoms with E-state index >= 15 is 0 Å². The average molecular weight is 207 g/mol. The van der Waals surface area contributed by atoms with Gasteiger partial charge in [0, 0.05) is 12.1 Å². The Bertz CT molecular complexity index is 205. The van der Waals surface area contributed by atoms with Crippen LogP contribution in [0.1, 0.15) is 64.2 Å². The molecule has 3 saturated carbocycles. The van der Waals surface area contributed by atoms with Crippen molar-refractivity contribution in [3.8, 4) is 0 Å². The van der Waals surface area contributed by atoms with Gasteiger partial charge in [-0.2, -0.15) is 0 Å². The first-order valence-corrected chi connectivity index (χ1v) is 7.18. The first kappa shape index (κ1) is 10.1. The van der Waals surface area contributed by atoms with Gasteiger partial charge in [-0.1, -0.05) is 32.1 Å². The van der Waals surface area contributed by atoms with Crippen LogP contribution >= 0.6 is 0 Å². The van der Waals surface area contributed by atoms with Crippen molar-refractivity contribution in [2.24, 2.45) is 11.8 Å². The highest BCUT2D eigenvalue weighted by molar-refractivity contribution is 4.95. The molecular formula is C14H25N. The van der Waals surface area contributed by atoms with Gasteiger partial charge in [0.2, 0.25) is 0 Å². The fraction of sp³-hybridized carbons (Fsp3) is 1.00. The molecule has 0 unspecified atom stereocenters. The molecule has 86 valence electrons. The second-order valence-corrected chi connectivity index (χ2v) is 6.14. The molecule has 0 radical (unpaired) electrons. The molecular weight excluding hydrogens is 182 g/mol. The summed E-state index contributed by atoms with van der Waals surface area (Å²) in [6.45, 7) is 0. The maximum Gasteiger partial charge on any atom is 0.0101 e. The second kappa shape index (κ2) is 4.45. The van der Waals surface area contributed by atoms with E-state index in [0.717, 1.165) is 23.9 Å². The quantitative estimate of drug-likeness (QED) is 0.684. The molecule has 3 aliphatic carbocycles. The zero-order chi connectivity index (χ0) is 10.1. The van der Waals surface area contributed by atoms with Gasteiger partial charge in [0.15, 0.2) is 0 Å². The summed E-state index contributed by atoms with van der Waals surface area (Å²) in [5, 5.41) is 3.99. The molecule has 0 aliphatic heterocycles. The van der Waals surface area contributed by atoms with Crippen molar-refractivity contribution < 1.29 is 0 Å². The summed E-state index contributed by atoms with van der Waals surface area (Å²) in [4.78, 5) is 0. The Hall–Kier alpha value is -0.0400. The van der Waals surface area contributed by atoms with E-state index in [1.165, 1.54) is 57.8 Å². The number of nitrogens with one attached hydrogen (secondary N) is 1. The van der Waals surface area contributed by atoms with E-state index in [1.54, 1.807) is 6.42 Å². The Balaban J connectivity index is 1.51. The summed E-state index contributed by atoms with van der Waals surface area (Å²) in [6, 6.07) is 1.78. The highest BCUT2D eigenvalue weighted by atomic mass is 15.0.